The third-order valence-corrected chi connectivity index (χ3v) is 6.74. The van der Waals surface area contributed by atoms with Crippen molar-refractivity contribution in [2.75, 3.05) is 6.54 Å². The number of nitrogens with zero attached hydrogens (tertiary/aromatic N) is 2. The van der Waals surface area contributed by atoms with E-state index in [0.717, 1.165) is 29.9 Å². The molecule has 0 atom stereocenters. The number of amides is 2. The molecule has 0 aliphatic heterocycles. The highest BCUT2D eigenvalue weighted by Crippen LogP contribution is 2.55. The number of rotatable bonds is 4. The molecule has 5 nitrogen and oxygen atoms in total. The largest absolute Gasteiger partial charge is 0.338 e. The number of aryl methyl sites for hydroxylation is 2. The van der Waals surface area contributed by atoms with E-state index in [2.05, 4.69) is 22.7 Å². The first-order valence-corrected chi connectivity index (χ1v) is 9.49. The molecule has 5 rings (SSSR count). The quantitative estimate of drug-likeness (QED) is 0.892. The summed E-state index contributed by atoms with van der Waals surface area (Å²) in [6, 6.07) is 0.0242. The van der Waals surface area contributed by atoms with E-state index in [9.17, 15) is 4.79 Å². The Bertz CT molecular complexity index is 613. The Morgan fingerprint density at radius 2 is 1.75 bits per heavy atom. The van der Waals surface area contributed by atoms with E-state index in [1.807, 2.05) is 18.7 Å². The summed E-state index contributed by atoms with van der Waals surface area (Å²) < 4.78 is 1.92. The van der Waals surface area contributed by atoms with Crippen LogP contribution in [0.4, 0.5) is 4.79 Å². The van der Waals surface area contributed by atoms with Gasteiger partial charge in [0.2, 0.25) is 0 Å². The highest BCUT2D eigenvalue weighted by molar-refractivity contribution is 5.75. The molecule has 4 bridgehead atoms. The second-order valence-electron chi connectivity index (χ2n) is 8.60. The van der Waals surface area contributed by atoms with Crippen molar-refractivity contribution in [1.29, 1.82) is 0 Å². The molecule has 0 spiro atoms. The molecule has 5 heteroatoms. The third-order valence-electron chi connectivity index (χ3n) is 6.74. The lowest BCUT2D eigenvalue weighted by Gasteiger charge is -2.56. The molecule has 132 valence electrons. The summed E-state index contributed by atoms with van der Waals surface area (Å²) in [5.41, 5.74) is 3.61. The molecule has 24 heavy (non-hydrogen) atoms. The van der Waals surface area contributed by atoms with Gasteiger partial charge >= 0.3 is 6.03 Å². The van der Waals surface area contributed by atoms with Gasteiger partial charge in [0.25, 0.3) is 0 Å². The highest BCUT2D eigenvalue weighted by atomic mass is 16.2. The van der Waals surface area contributed by atoms with Gasteiger partial charge < -0.3 is 10.6 Å². The molecular weight excluding hydrogens is 300 g/mol. The third kappa shape index (κ3) is 2.82. The monoisotopic (exact) mass is 330 g/mol. The summed E-state index contributed by atoms with van der Waals surface area (Å²) in [7, 11) is 1.97. The Balaban J connectivity index is 1.31. The van der Waals surface area contributed by atoms with Crippen molar-refractivity contribution in [3.63, 3.8) is 0 Å². The van der Waals surface area contributed by atoms with Crippen LogP contribution < -0.4 is 10.6 Å². The van der Waals surface area contributed by atoms with E-state index >= 15 is 0 Å². The smallest absolute Gasteiger partial charge is 0.315 e. The molecule has 4 saturated carbocycles. The van der Waals surface area contributed by atoms with E-state index in [4.69, 9.17) is 0 Å². The van der Waals surface area contributed by atoms with Gasteiger partial charge in [0.15, 0.2) is 0 Å². The van der Waals surface area contributed by atoms with Crippen LogP contribution in [-0.2, 0) is 13.5 Å². The number of urea groups is 1. The van der Waals surface area contributed by atoms with Crippen LogP contribution in [0.15, 0.2) is 0 Å². The zero-order valence-electron chi connectivity index (χ0n) is 15.2. The topological polar surface area (TPSA) is 59.0 Å². The fourth-order valence-electron chi connectivity index (χ4n) is 6.03. The van der Waals surface area contributed by atoms with E-state index < -0.39 is 0 Å². The Morgan fingerprint density at radius 1 is 1.17 bits per heavy atom. The van der Waals surface area contributed by atoms with Crippen molar-refractivity contribution >= 4 is 6.03 Å². The van der Waals surface area contributed by atoms with Crippen LogP contribution in [0.25, 0.3) is 0 Å². The molecule has 4 fully saturated rings. The summed E-state index contributed by atoms with van der Waals surface area (Å²) in [5, 5.41) is 10.9. The van der Waals surface area contributed by atoms with Crippen LogP contribution >= 0.6 is 0 Å². The fraction of sp³-hybridized carbons (Fsp3) is 0.789. The highest BCUT2D eigenvalue weighted by Gasteiger charge is 2.51. The first kappa shape index (κ1) is 16.0. The normalized spacial score (nSPS) is 33.7. The molecule has 0 aromatic carbocycles. The van der Waals surface area contributed by atoms with Crippen LogP contribution in [0.5, 0.6) is 0 Å². The number of hydrogen-bond donors (Lipinski definition) is 2. The molecule has 4 aliphatic carbocycles. The molecule has 2 N–H and O–H groups in total. The molecule has 0 unspecified atom stereocenters. The summed E-state index contributed by atoms with van der Waals surface area (Å²) in [6.45, 7) is 4.80. The first-order valence-electron chi connectivity index (χ1n) is 9.49. The lowest BCUT2D eigenvalue weighted by molar-refractivity contribution is -0.0135. The molecular formula is C19H30N4O. The summed E-state index contributed by atoms with van der Waals surface area (Å²) >= 11 is 0. The Labute approximate surface area is 144 Å². The van der Waals surface area contributed by atoms with Gasteiger partial charge in [0.05, 0.1) is 5.69 Å². The predicted octanol–water partition coefficient (Wildman–Crippen LogP) is 2.85. The Hall–Kier alpha value is -1.52. The first-order chi connectivity index (χ1) is 11.4. The van der Waals surface area contributed by atoms with E-state index in [-0.39, 0.29) is 11.6 Å². The second kappa shape index (κ2) is 5.78. The fourth-order valence-corrected chi connectivity index (χ4v) is 6.03. The molecule has 2 amide bonds. The minimum atomic E-state index is 0.0242. The minimum Gasteiger partial charge on any atom is -0.338 e. The number of hydrogen-bond acceptors (Lipinski definition) is 2. The second-order valence-corrected chi connectivity index (χ2v) is 8.60. The van der Waals surface area contributed by atoms with E-state index in [1.165, 1.54) is 49.8 Å². The van der Waals surface area contributed by atoms with E-state index in [1.54, 1.807) is 0 Å². The van der Waals surface area contributed by atoms with Gasteiger partial charge in [-0.05, 0) is 82.1 Å². The molecule has 1 heterocycles. The van der Waals surface area contributed by atoms with Crippen molar-refractivity contribution in [3.05, 3.63) is 17.0 Å². The maximum Gasteiger partial charge on any atom is 0.315 e. The van der Waals surface area contributed by atoms with Gasteiger partial charge in [-0.25, -0.2) is 4.79 Å². The molecule has 4 aliphatic rings. The van der Waals surface area contributed by atoms with Crippen LogP contribution in [0, 0.1) is 31.6 Å². The lowest BCUT2D eigenvalue weighted by Crippen LogP contribution is -2.61. The van der Waals surface area contributed by atoms with Crippen LogP contribution in [-0.4, -0.2) is 27.9 Å². The number of carbonyl (C=O) groups excluding carboxylic acids is 1. The van der Waals surface area contributed by atoms with Crippen molar-refractivity contribution in [3.8, 4) is 0 Å². The van der Waals surface area contributed by atoms with Crippen molar-refractivity contribution in [2.45, 2.75) is 64.3 Å². The maximum absolute atomic E-state index is 12.4. The van der Waals surface area contributed by atoms with Crippen LogP contribution in [0.3, 0.4) is 0 Å². The van der Waals surface area contributed by atoms with Gasteiger partial charge in [0, 0.05) is 24.8 Å². The maximum atomic E-state index is 12.4. The zero-order chi connectivity index (χ0) is 16.9. The van der Waals surface area contributed by atoms with Crippen molar-refractivity contribution < 1.29 is 4.79 Å². The standard InChI is InChI=1S/C19H30N4O/c1-12-17(13(2)23(3)22-12)4-5-20-18(24)21-19-9-14-6-15(10-19)8-16(7-14)11-19/h14-16H,4-11H2,1-3H3,(H2,20,21,24). The average molecular weight is 330 g/mol. The van der Waals surface area contributed by atoms with Crippen LogP contribution in [0.1, 0.15) is 55.5 Å². The summed E-state index contributed by atoms with van der Waals surface area (Å²) in [5.74, 6) is 2.58. The van der Waals surface area contributed by atoms with Gasteiger partial charge in [0.1, 0.15) is 0 Å². The number of nitrogens with one attached hydrogen (secondary N) is 2. The zero-order valence-corrected chi connectivity index (χ0v) is 15.2. The van der Waals surface area contributed by atoms with Crippen molar-refractivity contribution in [2.24, 2.45) is 24.8 Å². The van der Waals surface area contributed by atoms with Crippen molar-refractivity contribution in [1.82, 2.24) is 20.4 Å². The number of carbonyl (C=O) groups is 1. The van der Waals surface area contributed by atoms with Gasteiger partial charge in [-0.1, -0.05) is 0 Å². The number of aromatic nitrogens is 2. The molecule has 1 aromatic heterocycles. The Kier molecular flexibility index (Phi) is 3.85. The average Bonchev–Trinajstić information content (AvgIpc) is 2.71. The summed E-state index contributed by atoms with van der Waals surface area (Å²) in [6.07, 6.45) is 8.67. The van der Waals surface area contributed by atoms with Crippen LogP contribution in [0.2, 0.25) is 0 Å². The summed E-state index contributed by atoms with van der Waals surface area (Å²) in [4.78, 5) is 12.4. The molecule has 0 radical (unpaired) electrons. The van der Waals surface area contributed by atoms with Gasteiger partial charge in [-0.3, -0.25) is 4.68 Å². The predicted molar refractivity (Wildman–Crippen MR) is 93.8 cm³/mol. The van der Waals surface area contributed by atoms with E-state index in [0.29, 0.717) is 6.54 Å². The Morgan fingerprint density at radius 3 is 2.25 bits per heavy atom. The minimum absolute atomic E-state index is 0.0242. The van der Waals surface area contributed by atoms with Gasteiger partial charge in [-0.2, -0.15) is 5.10 Å². The lowest BCUT2D eigenvalue weighted by atomic mass is 9.53. The molecule has 0 saturated heterocycles. The SMILES string of the molecule is Cc1nn(C)c(C)c1CCNC(=O)NC12CC3CC(CC(C3)C1)C2. The molecule has 1 aromatic rings. The van der Waals surface area contributed by atoms with Gasteiger partial charge in [-0.15, -0.1) is 0 Å².